The van der Waals surface area contributed by atoms with Crippen molar-refractivity contribution in [2.45, 2.75) is 6.92 Å². The molecule has 0 aliphatic rings. The van der Waals surface area contributed by atoms with Crippen molar-refractivity contribution in [1.29, 1.82) is 5.41 Å². The van der Waals surface area contributed by atoms with Crippen LogP contribution < -0.4 is 6.15 Å². The summed E-state index contributed by atoms with van der Waals surface area (Å²) in [5.74, 6) is 0.255. The maximum atomic E-state index is 6.52. The van der Waals surface area contributed by atoms with Gasteiger partial charge in [-0.2, -0.15) is 0 Å². The summed E-state index contributed by atoms with van der Waals surface area (Å²) in [6.45, 7) is 1.58. The van der Waals surface area contributed by atoms with Crippen LogP contribution >= 0.6 is 18.8 Å². The maximum absolute atomic E-state index is 6.52. The monoisotopic (exact) mass is 355 g/mol. The van der Waals surface area contributed by atoms with Gasteiger partial charge in [-0.3, -0.25) is 5.41 Å². The van der Waals surface area contributed by atoms with Crippen LogP contribution in [0.15, 0.2) is 0 Å². The Hall–Kier alpha value is 0.698. The van der Waals surface area contributed by atoms with Gasteiger partial charge in [0.05, 0.1) is 7.11 Å². The second kappa shape index (κ2) is 15.9. The molecule has 62 valence electrons. The van der Waals surface area contributed by atoms with Gasteiger partial charge in [0.2, 0.25) is 0 Å². The van der Waals surface area contributed by atoms with Gasteiger partial charge < -0.3 is 10.9 Å². The van der Waals surface area contributed by atoms with Crippen molar-refractivity contribution in [3.63, 3.8) is 0 Å². The molecule has 0 atom stereocenters. The van der Waals surface area contributed by atoms with Crippen LogP contribution in [0.4, 0.5) is 0 Å². The van der Waals surface area contributed by atoms with Crippen LogP contribution in [0, 0.1) is 5.41 Å². The number of rotatable bonds is 0. The predicted octanol–water partition coefficient (Wildman–Crippen LogP) is 2.17. The molecule has 0 saturated carbocycles. The number of nitrogens with one attached hydrogen (secondary N) is 1. The van der Waals surface area contributed by atoms with Crippen LogP contribution in [-0.2, 0) is 21.2 Å². The van der Waals surface area contributed by atoms with Crippen molar-refractivity contribution in [1.82, 2.24) is 6.15 Å². The van der Waals surface area contributed by atoms with E-state index in [0.29, 0.717) is 0 Å². The van der Waals surface area contributed by atoms with Crippen LogP contribution in [0.25, 0.3) is 0 Å². The summed E-state index contributed by atoms with van der Waals surface area (Å²) < 4.78 is 4.33. The van der Waals surface area contributed by atoms with E-state index in [-0.39, 0.29) is 12.0 Å². The zero-order valence-electron chi connectivity index (χ0n) is 5.19. The molecule has 0 bridgehead atoms. The zero-order chi connectivity index (χ0) is 6.99. The summed E-state index contributed by atoms with van der Waals surface area (Å²) >= 11 is -0.472. The van der Waals surface area contributed by atoms with Crippen molar-refractivity contribution in [2.75, 3.05) is 7.11 Å². The number of hydrogen-bond acceptors (Lipinski definition) is 3. The predicted molar refractivity (Wildman–Crippen MR) is 37.1 cm³/mol. The van der Waals surface area contributed by atoms with Gasteiger partial charge in [0.1, 0.15) is 0 Å². The fourth-order valence-electron chi connectivity index (χ4n) is 0. The van der Waals surface area contributed by atoms with E-state index in [0.717, 1.165) is 0 Å². The van der Waals surface area contributed by atoms with E-state index in [1.807, 2.05) is 0 Å². The molecule has 0 aromatic carbocycles. The second-order valence-electron chi connectivity index (χ2n) is 0.805. The van der Waals surface area contributed by atoms with Crippen LogP contribution in [0.1, 0.15) is 6.92 Å². The molecule has 0 aliphatic carbocycles. The molecule has 0 aromatic rings. The molecule has 0 heterocycles. The SMILES string of the molecule is COC(C)=N.N.[Cl][Pt][Cl]. The number of ether oxygens (including phenoxy) is 1. The Morgan fingerprint density at radius 3 is 1.67 bits per heavy atom. The fraction of sp³-hybridized carbons (Fsp3) is 0.667. The van der Waals surface area contributed by atoms with E-state index < -0.39 is 16.5 Å². The summed E-state index contributed by atoms with van der Waals surface area (Å²) in [7, 11) is 11.2. The quantitative estimate of drug-likeness (QED) is 0.516. The molecule has 0 rings (SSSR count). The van der Waals surface area contributed by atoms with Crippen molar-refractivity contribution >= 4 is 24.7 Å². The van der Waals surface area contributed by atoms with Gasteiger partial charge in [0.25, 0.3) is 0 Å². The summed E-state index contributed by atoms with van der Waals surface area (Å²) in [5.41, 5.74) is 0. The van der Waals surface area contributed by atoms with Gasteiger partial charge in [0.15, 0.2) is 5.90 Å². The Balaban J connectivity index is -0.0000000800. The topological polar surface area (TPSA) is 68.1 Å². The Morgan fingerprint density at radius 2 is 1.67 bits per heavy atom. The van der Waals surface area contributed by atoms with Crippen LogP contribution in [0.5, 0.6) is 0 Å². The van der Waals surface area contributed by atoms with Crippen molar-refractivity contribution < 1.29 is 21.2 Å². The minimum absolute atomic E-state index is 0. The molecule has 0 spiro atoms. The van der Waals surface area contributed by atoms with Crippen molar-refractivity contribution in [3.8, 4) is 0 Å². The van der Waals surface area contributed by atoms with Gasteiger partial charge in [-0.05, 0) is 0 Å². The zero-order valence-corrected chi connectivity index (χ0v) is 8.97. The molecule has 0 saturated heterocycles. The molecule has 9 heavy (non-hydrogen) atoms. The van der Waals surface area contributed by atoms with Gasteiger partial charge >= 0.3 is 35.3 Å². The summed E-state index contributed by atoms with van der Waals surface area (Å²) in [5, 5.41) is 6.52. The first-order valence-corrected chi connectivity index (χ1v) is 7.23. The minimum atomic E-state index is -0.472. The Morgan fingerprint density at radius 1 is 1.56 bits per heavy atom. The average Bonchev–Trinajstić information content (AvgIpc) is 1.69. The molecule has 3 nitrogen and oxygen atoms in total. The third kappa shape index (κ3) is 53.6. The van der Waals surface area contributed by atoms with E-state index in [1.54, 1.807) is 6.92 Å². The van der Waals surface area contributed by atoms with Crippen LogP contribution in [0.3, 0.4) is 0 Å². The summed E-state index contributed by atoms with van der Waals surface area (Å²) in [6, 6.07) is 0. The molecule has 0 aliphatic heterocycles. The number of halogens is 2. The van der Waals surface area contributed by atoms with E-state index in [1.165, 1.54) is 7.11 Å². The van der Waals surface area contributed by atoms with Crippen LogP contribution in [-0.4, -0.2) is 13.0 Å². The van der Waals surface area contributed by atoms with Gasteiger partial charge in [0, 0.05) is 6.92 Å². The van der Waals surface area contributed by atoms with E-state index in [9.17, 15) is 0 Å². The third-order valence-electron chi connectivity index (χ3n) is 0.306. The summed E-state index contributed by atoms with van der Waals surface area (Å²) in [6.07, 6.45) is 0. The Bertz CT molecular complexity index is 63.8. The molecule has 0 radical (unpaired) electrons. The number of methoxy groups -OCH3 is 1. The molecule has 6 heteroatoms. The van der Waals surface area contributed by atoms with Crippen molar-refractivity contribution in [3.05, 3.63) is 0 Å². The Labute approximate surface area is 71.5 Å². The van der Waals surface area contributed by atoms with E-state index in [2.05, 4.69) is 4.74 Å². The first-order valence-electron chi connectivity index (χ1n) is 1.60. The first-order chi connectivity index (χ1) is 3.68. The van der Waals surface area contributed by atoms with Gasteiger partial charge in [-0.15, -0.1) is 0 Å². The molecular formula is C3H10Cl2N2OPt. The molecular weight excluding hydrogens is 346 g/mol. The van der Waals surface area contributed by atoms with Gasteiger partial charge in [-0.25, -0.2) is 0 Å². The van der Waals surface area contributed by atoms with Gasteiger partial charge in [-0.1, -0.05) is 0 Å². The molecule has 0 aromatic heterocycles. The Kier molecular flexibility index (Phi) is 28.8. The normalized spacial score (nSPS) is 6.22. The fourth-order valence-corrected chi connectivity index (χ4v) is 0. The molecule has 4 N–H and O–H groups in total. The molecule has 0 unspecified atom stereocenters. The number of hydrogen-bond donors (Lipinski definition) is 2. The van der Waals surface area contributed by atoms with Crippen LogP contribution in [0.2, 0.25) is 0 Å². The molecule has 0 fully saturated rings. The third-order valence-corrected chi connectivity index (χ3v) is 0.306. The van der Waals surface area contributed by atoms with E-state index in [4.69, 9.17) is 24.2 Å². The standard InChI is InChI=1S/C3H7NO.2ClH.H3N.Pt/c1-3(4)5-2;;;;/h4H,1-2H3;2*1H;1H3;/q;;;;+2/p-2. The van der Waals surface area contributed by atoms with Crippen molar-refractivity contribution in [2.24, 2.45) is 0 Å². The summed E-state index contributed by atoms with van der Waals surface area (Å²) in [4.78, 5) is 0. The van der Waals surface area contributed by atoms with E-state index >= 15 is 0 Å². The molecule has 0 amide bonds. The average molecular weight is 356 g/mol. The first kappa shape index (κ1) is 16.4. The second-order valence-corrected chi connectivity index (χ2v) is 4.09.